The number of hydrogen-bond donors (Lipinski definition) is 1. The normalized spacial score (nSPS) is 19.1. The van der Waals surface area contributed by atoms with Crippen LogP contribution in [0.5, 0.6) is 0 Å². The first kappa shape index (κ1) is 14.7. The van der Waals surface area contributed by atoms with Crippen molar-refractivity contribution >= 4 is 18.4 Å². The SMILES string of the molecule is CCOC(=O)CC(C)C1CCNCC1.Cl. The van der Waals surface area contributed by atoms with Gasteiger partial charge in [-0.1, -0.05) is 6.92 Å². The Bertz CT molecular complexity index is 181. The quantitative estimate of drug-likeness (QED) is 0.758. The molecule has 1 aliphatic heterocycles. The zero-order valence-corrected chi connectivity index (χ0v) is 10.4. The average Bonchev–Trinajstić information content (AvgIpc) is 2.19. The second-order valence-electron chi connectivity index (χ2n) is 4.07. The van der Waals surface area contributed by atoms with E-state index in [4.69, 9.17) is 4.74 Å². The van der Waals surface area contributed by atoms with E-state index in [9.17, 15) is 4.79 Å². The minimum Gasteiger partial charge on any atom is -0.466 e. The van der Waals surface area contributed by atoms with Crippen molar-refractivity contribution in [2.75, 3.05) is 19.7 Å². The maximum atomic E-state index is 11.3. The van der Waals surface area contributed by atoms with Crippen LogP contribution in [0.25, 0.3) is 0 Å². The van der Waals surface area contributed by atoms with E-state index in [1.54, 1.807) is 0 Å². The van der Waals surface area contributed by atoms with Crippen LogP contribution in [0, 0.1) is 11.8 Å². The molecule has 0 aromatic rings. The van der Waals surface area contributed by atoms with Gasteiger partial charge in [0.05, 0.1) is 6.61 Å². The van der Waals surface area contributed by atoms with Crippen molar-refractivity contribution in [1.29, 1.82) is 0 Å². The summed E-state index contributed by atoms with van der Waals surface area (Å²) >= 11 is 0. The topological polar surface area (TPSA) is 38.3 Å². The summed E-state index contributed by atoms with van der Waals surface area (Å²) in [6.45, 7) is 6.70. The molecule has 0 aromatic heterocycles. The summed E-state index contributed by atoms with van der Waals surface area (Å²) in [6.07, 6.45) is 2.97. The van der Waals surface area contributed by atoms with E-state index in [2.05, 4.69) is 12.2 Å². The number of rotatable bonds is 4. The molecule has 1 saturated heterocycles. The molecule has 1 fully saturated rings. The standard InChI is InChI=1S/C11H21NO2.ClH/c1-3-14-11(13)8-9(2)10-4-6-12-7-5-10;/h9-10,12H,3-8H2,1-2H3;1H. The van der Waals surface area contributed by atoms with Gasteiger partial charge in [0.2, 0.25) is 0 Å². The van der Waals surface area contributed by atoms with Gasteiger partial charge in [-0.15, -0.1) is 12.4 Å². The van der Waals surface area contributed by atoms with Crippen LogP contribution >= 0.6 is 12.4 Å². The number of piperidine rings is 1. The Labute approximate surface area is 98.4 Å². The Hall–Kier alpha value is -0.280. The van der Waals surface area contributed by atoms with Crippen LogP contribution in [0.2, 0.25) is 0 Å². The van der Waals surface area contributed by atoms with Crippen LogP contribution in [-0.4, -0.2) is 25.7 Å². The molecule has 0 bridgehead atoms. The zero-order valence-electron chi connectivity index (χ0n) is 9.62. The summed E-state index contributed by atoms with van der Waals surface area (Å²) in [7, 11) is 0. The lowest BCUT2D eigenvalue weighted by molar-refractivity contribution is -0.144. The fourth-order valence-corrected chi connectivity index (χ4v) is 2.06. The predicted molar refractivity (Wildman–Crippen MR) is 63.3 cm³/mol. The molecule has 15 heavy (non-hydrogen) atoms. The number of hydrogen-bond acceptors (Lipinski definition) is 3. The van der Waals surface area contributed by atoms with Gasteiger partial charge in [0.15, 0.2) is 0 Å². The van der Waals surface area contributed by atoms with E-state index in [-0.39, 0.29) is 18.4 Å². The highest BCUT2D eigenvalue weighted by molar-refractivity contribution is 5.85. The summed E-state index contributed by atoms with van der Waals surface area (Å²) in [4.78, 5) is 11.3. The molecule has 4 heteroatoms. The molecular weight excluding hydrogens is 214 g/mol. The highest BCUT2D eigenvalue weighted by Gasteiger charge is 2.22. The fourth-order valence-electron chi connectivity index (χ4n) is 2.06. The summed E-state index contributed by atoms with van der Waals surface area (Å²) in [5, 5.41) is 3.33. The fraction of sp³-hybridized carbons (Fsp3) is 0.909. The smallest absolute Gasteiger partial charge is 0.306 e. The van der Waals surface area contributed by atoms with E-state index >= 15 is 0 Å². The van der Waals surface area contributed by atoms with E-state index in [1.807, 2.05) is 6.92 Å². The first-order valence-corrected chi connectivity index (χ1v) is 5.60. The number of ether oxygens (including phenoxy) is 1. The Balaban J connectivity index is 0.00000196. The predicted octanol–water partition coefficient (Wildman–Crippen LogP) is 2.00. The number of carbonyl (C=O) groups excluding carboxylic acids is 1. The Morgan fingerprint density at radius 1 is 1.47 bits per heavy atom. The second-order valence-corrected chi connectivity index (χ2v) is 4.07. The lowest BCUT2D eigenvalue weighted by Crippen LogP contribution is -2.31. The van der Waals surface area contributed by atoms with Gasteiger partial charge in [0, 0.05) is 6.42 Å². The molecule has 3 nitrogen and oxygen atoms in total. The summed E-state index contributed by atoms with van der Waals surface area (Å²) < 4.78 is 4.95. The van der Waals surface area contributed by atoms with E-state index in [0.29, 0.717) is 24.9 Å². The van der Waals surface area contributed by atoms with E-state index in [0.717, 1.165) is 13.1 Å². The van der Waals surface area contributed by atoms with Crippen LogP contribution in [0.4, 0.5) is 0 Å². The number of nitrogens with one attached hydrogen (secondary N) is 1. The molecule has 0 spiro atoms. The van der Waals surface area contributed by atoms with Gasteiger partial charge >= 0.3 is 5.97 Å². The minimum atomic E-state index is -0.0430. The molecule has 1 atom stereocenters. The number of carbonyl (C=O) groups is 1. The lowest BCUT2D eigenvalue weighted by Gasteiger charge is -2.27. The Kier molecular flexibility index (Phi) is 7.79. The third kappa shape index (κ3) is 5.38. The number of esters is 1. The van der Waals surface area contributed by atoms with Crippen molar-refractivity contribution in [2.45, 2.75) is 33.1 Å². The maximum Gasteiger partial charge on any atom is 0.306 e. The molecule has 1 N–H and O–H groups in total. The highest BCUT2D eigenvalue weighted by atomic mass is 35.5. The second kappa shape index (κ2) is 7.94. The summed E-state index contributed by atoms with van der Waals surface area (Å²) in [5.74, 6) is 1.12. The van der Waals surface area contributed by atoms with Crippen molar-refractivity contribution in [1.82, 2.24) is 5.32 Å². The van der Waals surface area contributed by atoms with Crippen molar-refractivity contribution < 1.29 is 9.53 Å². The molecular formula is C11H22ClNO2. The summed E-state index contributed by atoms with van der Waals surface area (Å²) in [6, 6.07) is 0. The first-order valence-electron chi connectivity index (χ1n) is 5.60. The zero-order chi connectivity index (χ0) is 10.4. The number of halogens is 1. The van der Waals surface area contributed by atoms with Crippen molar-refractivity contribution in [2.24, 2.45) is 11.8 Å². The Morgan fingerprint density at radius 2 is 2.07 bits per heavy atom. The molecule has 0 aromatic carbocycles. The molecule has 1 heterocycles. The van der Waals surface area contributed by atoms with Crippen molar-refractivity contribution in [3.63, 3.8) is 0 Å². The third-order valence-corrected chi connectivity index (χ3v) is 2.98. The minimum absolute atomic E-state index is 0. The van der Waals surface area contributed by atoms with E-state index < -0.39 is 0 Å². The average molecular weight is 236 g/mol. The van der Waals surface area contributed by atoms with Gasteiger partial charge in [-0.2, -0.15) is 0 Å². The van der Waals surface area contributed by atoms with Crippen LogP contribution < -0.4 is 5.32 Å². The molecule has 0 amide bonds. The largest absolute Gasteiger partial charge is 0.466 e. The molecule has 1 rings (SSSR count). The Morgan fingerprint density at radius 3 is 2.60 bits per heavy atom. The van der Waals surface area contributed by atoms with Crippen LogP contribution in [-0.2, 0) is 9.53 Å². The first-order chi connectivity index (χ1) is 6.74. The van der Waals surface area contributed by atoms with Crippen molar-refractivity contribution in [3.05, 3.63) is 0 Å². The van der Waals surface area contributed by atoms with Crippen LogP contribution in [0.15, 0.2) is 0 Å². The highest BCUT2D eigenvalue weighted by Crippen LogP contribution is 2.24. The molecule has 1 aliphatic rings. The lowest BCUT2D eigenvalue weighted by atomic mass is 9.84. The molecule has 90 valence electrons. The van der Waals surface area contributed by atoms with Gasteiger partial charge in [-0.05, 0) is 44.7 Å². The van der Waals surface area contributed by atoms with Gasteiger partial charge < -0.3 is 10.1 Å². The van der Waals surface area contributed by atoms with Crippen molar-refractivity contribution in [3.8, 4) is 0 Å². The monoisotopic (exact) mass is 235 g/mol. The third-order valence-electron chi connectivity index (χ3n) is 2.98. The molecule has 0 radical (unpaired) electrons. The van der Waals surface area contributed by atoms with Crippen LogP contribution in [0.1, 0.15) is 33.1 Å². The molecule has 0 saturated carbocycles. The molecule has 1 unspecified atom stereocenters. The van der Waals surface area contributed by atoms with Gasteiger partial charge in [0.1, 0.15) is 0 Å². The van der Waals surface area contributed by atoms with Crippen LogP contribution in [0.3, 0.4) is 0 Å². The maximum absolute atomic E-state index is 11.3. The summed E-state index contributed by atoms with van der Waals surface area (Å²) in [5.41, 5.74) is 0. The van der Waals surface area contributed by atoms with Gasteiger partial charge in [-0.3, -0.25) is 4.79 Å². The van der Waals surface area contributed by atoms with E-state index in [1.165, 1.54) is 12.8 Å². The van der Waals surface area contributed by atoms with Gasteiger partial charge in [0.25, 0.3) is 0 Å². The van der Waals surface area contributed by atoms with Gasteiger partial charge in [-0.25, -0.2) is 0 Å². The molecule has 0 aliphatic carbocycles.